The molecule has 33 heavy (non-hydrogen) atoms. The molecule has 11 heteroatoms. The van der Waals surface area contributed by atoms with Gasteiger partial charge in [-0.05, 0) is 40.9 Å². The first-order chi connectivity index (χ1) is 15.8. The first-order valence-corrected chi connectivity index (χ1v) is 10.5. The van der Waals surface area contributed by atoms with Crippen molar-refractivity contribution in [3.05, 3.63) is 75.7 Å². The van der Waals surface area contributed by atoms with Gasteiger partial charge in [0.2, 0.25) is 11.2 Å². The Labute approximate surface area is 197 Å². The predicted octanol–water partition coefficient (Wildman–Crippen LogP) is 4.32. The molecule has 2 amide bonds. The lowest BCUT2D eigenvalue weighted by Gasteiger charge is -2.15. The van der Waals surface area contributed by atoms with Gasteiger partial charge in [-0.25, -0.2) is 9.97 Å². The van der Waals surface area contributed by atoms with Crippen LogP contribution in [0.2, 0.25) is 10.3 Å². The number of ether oxygens (including phenoxy) is 1. The first kappa shape index (κ1) is 22.9. The Hall–Kier alpha value is -3.30. The summed E-state index contributed by atoms with van der Waals surface area (Å²) in [7, 11) is 0. The second-order valence-electron chi connectivity index (χ2n) is 7.17. The highest BCUT2D eigenvalue weighted by Crippen LogP contribution is 2.31. The highest BCUT2D eigenvalue weighted by molar-refractivity contribution is 6.33. The van der Waals surface area contributed by atoms with Crippen LogP contribution in [0.3, 0.4) is 0 Å². The number of carbonyl (C=O) groups excluding carboxylic acids is 2. The number of nitrogens with one attached hydrogen (secondary N) is 1. The minimum Gasteiger partial charge on any atom is -0.435 e. The summed E-state index contributed by atoms with van der Waals surface area (Å²) in [5.74, 6) is -0.685. The largest absolute Gasteiger partial charge is 0.435 e. The highest BCUT2D eigenvalue weighted by Gasteiger charge is 2.29. The molecule has 0 radical (unpaired) electrons. The fourth-order valence-corrected chi connectivity index (χ4v) is 3.78. The minimum atomic E-state index is -2.93. The number of hydrogen-bond acceptors (Lipinski definition) is 5. The number of rotatable bonds is 7. The third-order valence-electron chi connectivity index (χ3n) is 4.92. The average molecular weight is 493 g/mol. The molecule has 4 rings (SSSR count). The van der Waals surface area contributed by atoms with Gasteiger partial charge in [0.25, 0.3) is 5.91 Å². The van der Waals surface area contributed by atoms with Crippen molar-refractivity contribution < 1.29 is 23.1 Å². The molecule has 170 valence electrons. The van der Waals surface area contributed by atoms with Gasteiger partial charge < -0.3 is 15.0 Å². The van der Waals surface area contributed by atoms with Gasteiger partial charge in [0.05, 0.1) is 16.9 Å². The molecule has 1 aliphatic heterocycles. The monoisotopic (exact) mass is 492 g/mol. The minimum absolute atomic E-state index is 0.00259. The molecule has 7 nitrogen and oxygen atoms in total. The first-order valence-electron chi connectivity index (χ1n) is 9.71. The van der Waals surface area contributed by atoms with Gasteiger partial charge in [-0.15, -0.1) is 0 Å². The molecule has 3 aromatic rings. The highest BCUT2D eigenvalue weighted by atomic mass is 35.5. The van der Waals surface area contributed by atoms with Crippen LogP contribution in [-0.4, -0.2) is 39.8 Å². The summed E-state index contributed by atoms with van der Waals surface area (Å²) in [5.41, 5.74) is 2.81. The topological polar surface area (TPSA) is 84.4 Å². The maximum atomic E-state index is 12.9. The van der Waals surface area contributed by atoms with Gasteiger partial charge in [-0.1, -0.05) is 35.9 Å². The summed E-state index contributed by atoms with van der Waals surface area (Å²) in [5, 5.41) is 3.01. The normalized spacial score (nSPS) is 12.8. The molecule has 0 saturated heterocycles. The molecule has 0 fully saturated rings. The molecule has 1 N–H and O–H groups in total. The number of hydrogen-bond donors (Lipinski definition) is 1. The van der Waals surface area contributed by atoms with Crippen LogP contribution in [0.4, 0.5) is 8.78 Å². The summed E-state index contributed by atoms with van der Waals surface area (Å²) in [6, 6.07) is 11.2. The van der Waals surface area contributed by atoms with Crippen molar-refractivity contribution in [2.75, 3.05) is 6.54 Å². The van der Waals surface area contributed by atoms with Crippen molar-refractivity contribution in [3.63, 3.8) is 0 Å². The van der Waals surface area contributed by atoms with Crippen LogP contribution in [0.25, 0.3) is 11.3 Å². The Morgan fingerprint density at radius 1 is 1.21 bits per heavy atom. The quantitative estimate of drug-likeness (QED) is 0.496. The van der Waals surface area contributed by atoms with Crippen LogP contribution in [0.5, 0.6) is 5.75 Å². The zero-order valence-electron chi connectivity index (χ0n) is 16.9. The van der Waals surface area contributed by atoms with Crippen molar-refractivity contribution in [3.8, 4) is 17.0 Å². The lowest BCUT2D eigenvalue weighted by molar-refractivity contribution is -0.122. The van der Waals surface area contributed by atoms with E-state index >= 15 is 0 Å². The maximum absolute atomic E-state index is 12.9. The number of amides is 2. The molecule has 0 bridgehead atoms. The van der Waals surface area contributed by atoms with E-state index in [4.69, 9.17) is 23.2 Å². The van der Waals surface area contributed by atoms with Crippen molar-refractivity contribution in [2.45, 2.75) is 19.7 Å². The van der Waals surface area contributed by atoms with E-state index in [2.05, 4.69) is 20.0 Å². The molecule has 0 aliphatic carbocycles. The maximum Gasteiger partial charge on any atom is 0.387 e. The fourth-order valence-electron chi connectivity index (χ4n) is 3.45. The Bertz CT molecular complexity index is 1230. The Morgan fingerprint density at radius 3 is 2.82 bits per heavy atom. The van der Waals surface area contributed by atoms with Crippen LogP contribution in [0, 0.1) is 0 Å². The smallest absolute Gasteiger partial charge is 0.387 e. The zero-order valence-corrected chi connectivity index (χ0v) is 18.4. The van der Waals surface area contributed by atoms with E-state index in [1.165, 1.54) is 23.2 Å². The van der Waals surface area contributed by atoms with Crippen molar-refractivity contribution >= 4 is 35.0 Å². The summed E-state index contributed by atoms with van der Waals surface area (Å²) < 4.78 is 29.1. The van der Waals surface area contributed by atoms with Crippen LogP contribution in [0.1, 0.15) is 21.5 Å². The molecular weight excluding hydrogens is 477 g/mol. The van der Waals surface area contributed by atoms with Gasteiger partial charge in [-0.2, -0.15) is 8.78 Å². The van der Waals surface area contributed by atoms with Gasteiger partial charge in [0, 0.05) is 24.2 Å². The third-order valence-corrected chi connectivity index (χ3v) is 5.38. The van der Waals surface area contributed by atoms with Gasteiger partial charge in [0.1, 0.15) is 12.3 Å². The second kappa shape index (κ2) is 9.68. The fraction of sp³-hybridized carbons (Fsp3) is 0.182. The molecule has 2 heterocycles. The van der Waals surface area contributed by atoms with Gasteiger partial charge in [-0.3, -0.25) is 9.59 Å². The standard InChI is InChI=1S/C22H16Cl2F2N4O3/c23-17-9-28-21(24)29-19(17)13-4-5-14-10-30(20(32)16(14)7-13)11-18(31)27-8-12-2-1-3-15(6-12)33-22(25)26/h1-7,9,22H,8,10-11H2,(H,27,31). The average Bonchev–Trinajstić information content (AvgIpc) is 3.08. The van der Waals surface area contributed by atoms with Crippen LogP contribution >= 0.6 is 23.2 Å². The number of alkyl halides is 2. The van der Waals surface area contributed by atoms with Crippen LogP contribution < -0.4 is 10.1 Å². The number of aromatic nitrogens is 2. The molecule has 0 spiro atoms. The molecule has 0 saturated carbocycles. The number of benzene rings is 2. The molecular formula is C22H16Cl2F2N4O3. The van der Waals surface area contributed by atoms with E-state index in [0.29, 0.717) is 27.4 Å². The van der Waals surface area contributed by atoms with E-state index in [-0.39, 0.29) is 42.5 Å². The number of nitrogens with zero attached hydrogens (tertiary/aromatic N) is 3. The Morgan fingerprint density at radius 2 is 2.03 bits per heavy atom. The summed E-state index contributed by atoms with van der Waals surface area (Å²) >= 11 is 12.0. The lowest BCUT2D eigenvalue weighted by atomic mass is 10.0. The molecule has 0 atom stereocenters. The third kappa shape index (κ3) is 5.37. The van der Waals surface area contributed by atoms with E-state index < -0.39 is 6.61 Å². The number of halogens is 4. The predicted molar refractivity (Wildman–Crippen MR) is 117 cm³/mol. The molecule has 0 unspecified atom stereocenters. The lowest BCUT2D eigenvalue weighted by Crippen LogP contribution is -2.37. The van der Waals surface area contributed by atoms with E-state index in [0.717, 1.165) is 5.56 Å². The number of carbonyl (C=O) groups is 2. The number of fused-ring (bicyclic) bond motifs is 1. The molecule has 1 aromatic heterocycles. The van der Waals surface area contributed by atoms with Crippen molar-refractivity contribution in [1.29, 1.82) is 0 Å². The van der Waals surface area contributed by atoms with E-state index in [1.807, 2.05) is 0 Å². The Balaban J connectivity index is 1.40. The Kier molecular flexibility index (Phi) is 6.71. The van der Waals surface area contributed by atoms with Crippen molar-refractivity contribution in [2.24, 2.45) is 0 Å². The second-order valence-corrected chi connectivity index (χ2v) is 7.92. The van der Waals surface area contributed by atoms with Crippen LogP contribution in [0.15, 0.2) is 48.7 Å². The summed E-state index contributed by atoms with van der Waals surface area (Å²) in [4.78, 5) is 34.6. The SMILES string of the molecule is O=C(CN1Cc2ccc(-c3nc(Cl)ncc3Cl)cc2C1=O)NCc1cccc(OC(F)F)c1. The summed E-state index contributed by atoms with van der Waals surface area (Å²) in [6.07, 6.45) is 1.38. The molecule has 2 aromatic carbocycles. The van der Waals surface area contributed by atoms with E-state index in [9.17, 15) is 18.4 Å². The van der Waals surface area contributed by atoms with E-state index in [1.54, 1.807) is 30.3 Å². The zero-order chi connectivity index (χ0) is 23.5. The summed E-state index contributed by atoms with van der Waals surface area (Å²) in [6.45, 7) is -2.71. The van der Waals surface area contributed by atoms with Gasteiger partial charge in [0.15, 0.2) is 0 Å². The van der Waals surface area contributed by atoms with Gasteiger partial charge >= 0.3 is 6.61 Å². The van der Waals surface area contributed by atoms with Crippen molar-refractivity contribution in [1.82, 2.24) is 20.2 Å². The molecule has 1 aliphatic rings. The van der Waals surface area contributed by atoms with Crippen LogP contribution in [-0.2, 0) is 17.9 Å².